The van der Waals surface area contributed by atoms with E-state index in [0.29, 0.717) is 6.07 Å². The van der Waals surface area contributed by atoms with Crippen molar-refractivity contribution in [3.63, 3.8) is 0 Å². The van der Waals surface area contributed by atoms with Crippen LogP contribution in [0.5, 0.6) is 11.5 Å². The summed E-state index contributed by atoms with van der Waals surface area (Å²) in [5, 5.41) is 2.29. The van der Waals surface area contributed by atoms with Gasteiger partial charge in [0, 0.05) is 19.2 Å². The molecule has 0 saturated heterocycles. The highest BCUT2D eigenvalue weighted by atomic mass is 32.2. The zero-order valence-electron chi connectivity index (χ0n) is 15.0. The van der Waals surface area contributed by atoms with Crippen LogP contribution in [0.4, 0.5) is 20.2 Å². The molecule has 0 aliphatic heterocycles. The third kappa shape index (κ3) is 4.45. The van der Waals surface area contributed by atoms with E-state index in [-0.39, 0.29) is 28.4 Å². The highest BCUT2D eigenvalue weighted by Crippen LogP contribution is 2.36. The molecule has 0 bridgehead atoms. The number of benzene rings is 2. The lowest BCUT2D eigenvalue weighted by Gasteiger charge is -2.22. The molecule has 2 rings (SSSR count). The number of methoxy groups -OCH3 is 2. The number of anilines is 2. The molecule has 0 aliphatic rings. The molecule has 10 heteroatoms. The summed E-state index contributed by atoms with van der Waals surface area (Å²) in [6, 6.07) is 5.25. The van der Waals surface area contributed by atoms with Gasteiger partial charge in [0.25, 0.3) is 5.91 Å². The van der Waals surface area contributed by atoms with E-state index < -0.39 is 27.6 Å². The lowest BCUT2D eigenvalue weighted by molar-refractivity contribution is 0.102. The van der Waals surface area contributed by atoms with Crippen LogP contribution in [0.15, 0.2) is 30.3 Å². The van der Waals surface area contributed by atoms with Crippen LogP contribution < -0.4 is 19.1 Å². The van der Waals surface area contributed by atoms with Crippen molar-refractivity contribution in [2.75, 3.05) is 37.1 Å². The Bertz CT molecular complexity index is 980. The van der Waals surface area contributed by atoms with Gasteiger partial charge in [0.1, 0.15) is 11.6 Å². The largest absolute Gasteiger partial charge is 0.493 e. The first-order valence-corrected chi connectivity index (χ1v) is 9.39. The summed E-state index contributed by atoms with van der Waals surface area (Å²) >= 11 is 0. The second-order valence-corrected chi connectivity index (χ2v) is 7.55. The third-order valence-electron chi connectivity index (χ3n) is 3.76. The first-order valence-electron chi connectivity index (χ1n) is 7.54. The van der Waals surface area contributed by atoms with Crippen LogP contribution in [-0.2, 0) is 10.0 Å². The standard InChI is InChI=1S/C17H18F2N2O5S/c1-21(27(4,23)24)14-9-16(26-3)15(25-2)8-11(14)17(22)20-13-6-5-10(18)7-12(13)19/h5-9H,1-4H3,(H,20,22). The number of carbonyl (C=O) groups excluding carboxylic acids is 1. The fourth-order valence-corrected chi connectivity index (χ4v) is 2.78. The summed E-state index contributed by atoms with van der Waals surface area (Å²) < 4.78 is 61.9. The van der Waals surface area contributed by atoms with E-state index in [1.54, 1.807) is 0 Å². The maximum atomic E-state index is 13.8. The Morgan fingerprint density at radius 1 is 1.07 bits per heavy atom. The molecular weight excluding hydrogens is 382 g/mol. The molecule has 27 heavy (non-hydrogen) atoms. The van der Waals surface area contributed by atoms with Gasteiger partial charge in [0.15, 0.2) is 11.5 Å². The first kappa shape index (κ1) is 20.4. The second kappa shape index (κ2) is 7.78. The zero-order chi connectivity index (χ0) is 20.4. The normalized spacial score (nSPS) is 11.0. The Labute approximate surface area is 155 Å². The summed E-state index contributed by atoms with van der Waals surface area (Å²) in [5.74, 6) is -2.21. The SMILES string of the molecule is COc1cc(C(=O)Nc2ccc(F)cc2F)c(N(C)S(C)(=O)=O)cc1OC. The van der Waals surface area contributed by atoms with E-state index in [9.17, 15) is 22.0 Å². The predicted octanol–water partition coefficient (Wildman–Crippen LogP) is 2.63. The van der Waals surface area contributed by atoms with Crippen molar-refractivity contribution < 1.29 is 31.5 Å². The van der Waals surface area contributed by atoms with Gasteiger partial charge in [0.2, 0.25) is 10.0 Å². The molecule has 146 valence electrons. The van der Waals surface area contributed by atoms with E-state index in [2.05, 4.69) is 5.32 Å². The van der Waals surface area contributed by atoms with Gasteiger partial charge in [-0.05, 0) is 18.2 Å². The van der Waals surface area contributed by atoms with Gasteiger partial charge in [-0.15, -0.1) is 0 Å². The molecule has 7 nitrogen and oxygen atoms in total. The van der Waals surface area contributed by atoms with Crippen molar-refractivity contribution in [3.05, 3.63) is 47.5 Å². The molecule has 0 radical (unpaired) electrons. The molecule has 0 heterocycles. The zero-order valence-corrected chi connectivity index (χ0v) is 15.9. The fourth-order valence-electron chi connectivity index (χ4n) is 2.27. The average molecular weight is 400 g/mol. The van der Waals surface area contributed by atoms with Gasteiger partial charge < -0.3 is 14.8 Å². The number of carbonyl (C=O) groups is 1. The van der Waals surface area contributed by atoms with Crippen LogP contribution in [0.3, 0.4) is 0 Å². The van der Waals surface area contributed by atoms with Crippen LogP contribution in [0.2, 0.25) is 0 Å². The summed E-state index contributed by atoms with van der Waals surface area (Å²) in [7, 11) is 0.249. The summed E-state index contributed by atoms with van der Waals surface area (Å²) in [6.07, 6.45) is 0.963. The van der Waals surface area contributed by atoms with E-state index in [1.165, 1.54) is 33.4 Å². The minimum atomic E-state index is -3.71. The predicted molar refractivity (Wildman–Crippen MR) is 97.1 cm³/mol. The monoisotopic (exact) mass is 400 g/mol. The van der Waals surface area contributed by atoms with Gasteiger partial charge >= 0.3 is 0 Å². The number of ether oxygens (including phenoxy) is 2. The Morgan fingerprint density at radius 2 is 1.67 bits per heavy atom. The summed E-state index contributed by atoms with van der Waals surface area (Å²) in [6.45, 7) is 0. The highest BCUT2D eigenvalue weighted by Gasteiger charge is 2.24. The number of rotatable bonds is 6. The maximum absolute atomic E-state index is 13.8. The number of halogens is 2. The highest BCUT2D eigenvalue weighted by molar-refractivity contribution is 7.92. The number of hydrogen-bond donors (Lipinski definition) is 1. The Kier molecular flexibility index (Phi) is 5.89. The van der Waals surface area contributed by atoms with Crippen molar-refractivity contribution in [2.24, 2.45) is 0 Å². The molecule has 0 aromatic heterocycles. The molecule has 0 spiro atoms. The molecule has 0 atom stereocenters. The Hall–Kier alpha value is -2.88. The molecule has 0 saturated carbocycles. The lowest BCUT2D eigenvalue weighted by Crippen LogP contribution is -2.28. The molecule has 1 N–H and O–H groups in total. The fraction of sp³-hybridized carbons (Fsp3) is 0.235. The molecule has 2 aromatic carbocycles. The average Bonchev–Trinajstić information content (AvgIpc) is 2.61. The van der Waals surface area contributed by atoms with E-state index in [0.717, 1.165) is 22.7 Å². The van der Waals surface area contributed by atoms with Crippen molar-refractivity contribution >= 4 is 27.3 Å². The maximum Gasteiger partial charge on any atom is 0.258 e. The second-order valence-electron chi connectivity index (χ2n) is 5.53. The minimum absolute atomic E-state index is 0.00447. The number of hydrogen-bond acceptors (Lipinski definition) is 5. The lowest BCUT2D eigenvalue weighted by atomic mass is 10.1. The van der Waals surface area contributed by atoms with Gasteiger partial charge in [-0.2, -0.15) is 0 Å². The quantitative estimate of drug-likeness (QED) is 0.806. The van der Waals surface area contributed by atoms with Crippen molar-refractivity contribution in [2.45, 2.75) is 0 Å². The topological polar surface area (TPSA) is 84.9 Å². The van der Waals surface area contributed by atoms with Crippen molar-refractivity contribution in [1.29, 1.82) is 0 Å². The van der Waals surface area contributed by atoms with Crippen LogP contribution in [-0.4, -0.2) is 41.8 Å². The Balaban J connectivity index is 2.56. The molecular formula is C17H18F2N2O5S. The molecule has 0 unspecified atom stereocenters. The number of nitrogens with one attached hydrogen (secondary N) is 1. The van der Waals surface area contributed by atoms with Crippen LogP contribution in [0, 0.1) is 11.6 Å². The van der Waals surface area contributed by atoms with Gasteiger partial charge in [-0.25, -0.2) is 17.2 Å². The smallest absolute Gasteiger partial charge is 0.258 e. The molecule has 0 fully saturated rings. The van der Waals surface area contributed by atoms with E-state index >= 15 is 0 Å². The molecule has 2 aromatic rings. The van der Waals surface area contributed by atoms with E-state index in [1.807, 2.05) is 0 Å². The van der Waals surface area contributed by atoms with E-state index in [4.69, 9.17) is 9.47 Å². The van der Waals surface area contributed by atoms with Crippen LogP contribution in [0.1, 0.15) is 10.4 Å². The van der Waals surface area contributed by atoms with Crippen LogP contribution in [0.25, 0.3) is 0 Å². The summed E-state index contributed by atoms with van der Waals surface area (Å²) in [4.78, 5) is 12.7. The van der Waals surface area contributed by atoms with Crippen molar-refractivity contribution in [3.8, 4) is 11.5 Å². The minimum Gasteiger partial charge on any atom is -0.493 e. The van der Waals surface area contributed by atoms with Gasteiger partial charge in [-0.1, -0.05) is 0 Å². The van der Waals surface area contributed by atoms with Gasteiger partial charge in [-0.3, -0.25) is 9.10 Å². The van der Waals surface area contributed by atoms with Crippen LogP contribution >= 0.6 is 0 Å². The van der Waals surface area contributed by atoms with Crippen molar-refractivity contribution in [1.82, 2.24) is 0 Å². The number of nitrogens with zero attached hydrogens (tertiary/aromatic N) is 1. The number of sulfonamides is 1. The Morgan fingerprint density at radius 3 is 2.19 bits per heavy atom. The van der Waals surface area contributed by atoms with Gasteiger partial charge in [0.05, 0.1) is 37.4 Å². The first-order chi connectivity index (χ1) is 12.6. The molecule has 0 aliphatic carbocycles. The number of amides is 1. The molecule has 1 amide bonds. The summed E-state index contributed by atoms with van der Waals surface area (Å²) in [5.41, 5.74) is -0.372. The third-order valence-corrected chi connectivity index (χ3v) is 4.95.